The lowest BCUT2D eigenvalue weighted by molar-refractivity contribution is 0.0695. The maximum atomic E-state index is 11.6. The van der Waals surface area contributed by atoms with E-state index in [0.29, 0.717) is 9.26 Å². The number of aromatic nitrogens is 1. The molecular formula is C12H8INO3. The van der Waals surface area contributed by atoms with Crippen LogP contribution >= 0.6 is 22.6 Å². The lowest BCUT2D eigenvalue weighted by atomic mass is 10.2. The Bertz CT molecular complexity index is 634. The number of hydrogen-bond acceptors (Lipinski definition) is 2. The number of carboxylic acids is 1. The van der Waals surface area contributed by atoms with E-state index in [1.165, 1.54) is 16.7 Å². The second-order valence-electron chi connectivity index (χ2n) is 3.38. The first-order valence-corrected chi connectivity index (χ1v) is 5.88. The topological polar surface area (TPSA) is 59.3 Å². The van der Waals surface area contributed by atoms with Crippen LogP contribution in [0.25, 0.3) is 5.69 Å². The second-order valence-corrected chi connectivity index (χ2v) is 4.54. The van der Waals surface area contributed by atoms with Gasteiger partial charge in [-0.05, 0) is 46.9 Å². The standard InChI is InChI=1S/C12H8INO3/c13-10-5-4-8(7-9(10)12(16)17)14-6-2-1-3-11(14)15/h1-7H,(H,16,17). The molecule has 0 fully saturated rings. The summed E-state index contributed by atoms with van der Waals surface area (Å²) in [5, 5.41) is 9.01. The Hall–Kier alpha value is -1.63. The van der Waals surface area contributed by atoms with Crippen molar-refractivity contribution in [2.45, 2.75) is 0 Å². The molecule has 0 aliphatic rings. The summed E-state index contributed by atoms with van der Waals surface area (Å²) in [6, 6.07) is 9.68. The molecule has 1 aromatic carbocycles. The Morgan fingerprint density at radius 3 is 2.65 bits per heavy atom. The first-order valence-electron chi connectivity index (χ1n) is 4.80. The Morgan fingerprint density at radius 1 is 1.24 bits per heavy atom. The van der Waals surface area contributed by atoms with Gasteiger partial charge in [0.1, 0.15) is 0 Å². The zero-order chi connectivity index (χ0) is 12.4. The van der Waals surface area contributed by atoms with E-state index in [4.69, 9.17) is 5.11 Å². The molecule has 5 heteroatoms. The van der Waals surface area contributed by atoms with E-state index in [1.807, 2.05) is 22.6 Å². The number of halogens is 1. The molecule has 2 rings (SSSR count). The van der Waals surface area contributed by atoms with Crippen molar-refractivity contribution < 1.29 is 9.90 Å². The molecule has 0 atom stereocenters. The van der Waals surface area contributed by atoms with Crippen molar-refractivity contribution in [2.75, 3.05) is 0 Å². The number of carbonyl (C=O) groups is 1. The van der Waals surface area contributed by atoms with Gasteiger partial charge in [0, 0.05) is 21.5 Å². The molecule has 1 aromatic heterocycles. The lowest BCUT2D eigenvalue weighted by Gasteiger charge is -2.07. The molecular weight excluding hydrogens is 333 g/mol. The summed E-state index contributed by atoms with van der Waals surface area (Å²) in [6.07, 6.45) is 1.61. The van der Waals surface area contributed by atoms with Crippen LogP contribution in [0.4, 0.5) is 0 Å². The van der Waals surface area contributed by atoms with Gasteiger partial charge in [-0.25, -0.2) is 4.79 Å². The van der Waals surface area contributed by atoms with E-state index in [1.54, 1.807) is 30.5 Å². The summed E-state index contributed by atoms with van der Waals surface area (Å²) in [4.78, 5) is 22.6. The predicted molar refractivity (Wildman–Crippen MR) is 71.7 cm³/mol. The van der Waals surface area contributed by atoms with Gasteiger partial charge in [0.2, 0.25) is 0 Å². The van der Waals surface area contributed by atoms with E-state index in [2.05, 4.69) is 0 Å². The normalized spacial score (nSPS) is 10.2. The highest BCUT2D eigenvalue weighted by molar-refractivity contribution is 14.1. The van der Waals surface area contributed by atoms with Crippen molar-refractivity contribution in [3.63, 3.8) is 0 Å². The molecule has 1 heterocycles. The SMILES string of the molecule is O=C(O)c1cc(-n2ccccc2=O)ccc1I. The van der Waals surface area contributed by atoms with Crippen molar-refractivity contribution in [3.05, 3.63) is 62.1 Å². The van der Waals surface area contributed by atoms with E-state index in [9.17, 15) is 9.59 Å². The minimum atomic E-state index is -1.000. The van der Waals surface area contributed by atoms with Crippen LogP contribution in [0.1, 0.15) is 10.4 Å². The van der Waals surface area contributed by atoms with Crippen molar-refractivity contribution >= 4 is 28.6 Å². The maximum absolute atomic E-state index is 11.6. The van der Waals surface area contributed by atoms with Crippen LogP contribution in [-0.2, 0) is 0 Å². The molecule has 0 aliphatic heterocycles. The third-order valence-electron chi connectivity index (χ3n) is 2.28. The molecule has 1 N–H and O–H groups in total. The second kappa shape index (κ2) is 4.70. The molecule has 0 unspecified atom stereocenters. The minimum absolute atomic E-state index is 0.190. The summed E-state index contributed by atoms with van der Waals surface area (Å²) in [5.74, 6) is -1.000. The first kappa shape index (κ1) is 11.8. The summed E-state index contributed by atoms with van der Waals surface area (Å²) >= 11 is 1.95. The summed E-state index contributed by atoms with van der Waals surface area (Å²) < 4.78 is 2.05. The molecule has 4 nitrogen and oxygen atoms in total. The van der Waals surface area contributed by atoms with Crippen LogP contribution in [0.15, 0.2) is 47.4 Å². The predicted octanol–water partition coefficient (Wildman–Crippen LogP) is 2.14. The van der Waals surface area contributed by atoms with Crippen LogP contribution in [0, 0.1) is 3.57 Å². The average Bonchev–Trinajstić information content (AvgIpc) is 2.30. The molecule has 0 radical (unpaired) electrons. The van der Waals surface area contributed by atoms with E-state index in [0.717, 1.165) is 0 Å². The highest BCUT2D eigenvalue weighted by Gasteiger charge is 2.09. The smallest absolute Gasteiger partial charge is 0.336 e. The zero-order valence-electron chi connectivity index (χ0n) is 8.63. The number of rotatable bonds is 2. The van der Waals surface area contributed by atoms with Gasteiger partial charge in [-0.1, -0.05) is 6.07 Å². The fraction of sp³-hybridized carbons (Fsp3) is 0. The highest BCUT2D eigenvalue weighted by Crippen LogP contribution is 2.16. The van der Waals surface area contributed by atoms with E-state index < -0.39 is 5.97 Å². The van der Waals surface area contributed by atoms with E-state index >= 15 is 0 Å². The number of carboxylic acid groups (broad SMARTS) is 1. The third kappa shape index (κ3) is 2.38. The third-order valence-corrected chi connectivity index (χ3v) is 3.22. The van der Waals surface area contributed by atoms with Gasteiger partial charge in [-0.3, -0.25) is 9.36 Å². The zero-order valence-corrected chi connectivity index (χ0v) is 10.8. The van der Waals surface area contributed by atoms with Crippen molar-refractivity contribution in [1.29, 1.82) is 0 Å². The van der Waals surface area contributed by atoms with Crippen LogP contribution in [-0.4, -0.2) is 15.6 Å². The highest BCUT2D eigenvalue weighted by atomic mass is 127. The number of benzene rings is 1. The summed E-state index contributed by atoms with van der Waals surface area (Å²) in [7, 11) is 0. The fourth-order valence-corrected chi connectivity index (χ4v) is 2.03. The Balaban J connectivity index is 2.62. The summed E-state index contributed by atoms with van der Waals surface area (Å²) in [6.45, 7) is 0. The van der Waals surface area contributed by atoms with Crippen LogP contribution in [0.3, 0.4) is 0 Å². The van der Waals surface area contributed by atoms with Crippen molar-refractivity contribution in [2.24, 2.45) is 0 Å². The average molecular weight is 341 g/mol. The van der Waals surface area contributed by atoms with E-state index in [-0.39, 0.29) is 11.1 Å². The molecule has 86 valence electrons. The van der Waals surface area contributed by atoms with Gasteiger partial charge in [-0.15, -0.1) is 0 Å². The molecule has 0 amide bonds. The quantitative estimate of drug-likeness (QED) is 0.852. The summed E-state index contributed by atoms with van der Waals surface area (Å²) in [5.41, 5.74) is 0.553. The van der Waals surface area contributed by atoms with Crippen LogP contribution in [0.5, 0.6) is 0 Å². The van der Waals surface area contributed by atoms with Crippen molar-refractivity contribution in [3.8, 4) is 5.69 Å². The fourth-order valence-electron chi connectivity index (χ4n) is 1.47. The lowest BCUT2D eigenvalue weighted by Crippen LogP contribution is -2.16. The van der Waals surface area contributed by atoms with Gasteiger partial charge in [0.05, 0.1) is 5.56 Å². The van der Waals surface area contributed by atoms with Gasteiger partial charge in [-0.2, -0.15) is 0 Å². The van der Waals surface area contributed by atoms with Gasteiger partial charge in [0.25, 0.3) is 5.56 Å². The molecule has 0 spiro atoms. The molecule has 0 aliphatic carbocycles. The number of pyridine rings is 1. The first-order chi connectivity index (χ1) is 8.09. The molecule has 0 saturated heterocycles. The molecule has 0 saturated carbocycles. The number of hydrogen-bond donors (Lipinski definition) is 1. The van der Waals surface area contributed by atoms with Gasteiger partial charge >= 0.3 is 5.97 Å². The molecule has 0 bridgehead atoms. The Labute approximate surface area is 111 Å². The molecule has 17 heavy (non-hydrogen) atoms. The van der Waals surface area contributed by atoms with Crippen LogP contribution in [0.2, 0.25) is 0 Å². The number of nitrogens with zero attached hydrogens (tertiary/aromatic N) is 1. The minimum Gasteiger partial charge on any atom is -0.478 e. The largest absolute Gasteiger partial charge is 0.478 e. The monoisotopic (exact) mass is 341 g/mol. The Kier molecular flexibility index (Phi) is 3.28. The Morgan fingerprint density at radius 2 is 2.00 bits per heavy atom. The van der Waals surface area contributed by atoms with Crippen LogP contribution < -0.4 is 5.56 Å². The number of aromatic carboxylic acids is 1. The maximum Gasteiger partial charge on any atom is 0.336 e. The van der Waals surface area contributed by atoms with Gasteiger partial charge < -0.3 is 5.11 Å². The van der Waals surface area contributed by atoms with Crippen molar-refractivity contribution in [1.82, 2.24) is 4.57 Å². The molecule has 2 aromatic rings. The van der Waals surface area contributed by atoms with Gasteiger partial charge in [0.15, 0.2) is 0 Å².